The van der Waals surface area contributed by atoms with E-state index in [1.807, 2.05) is 0 Å². The third kappa shape index (κ3) is 3.26. The molecule has 0 atom stereocenters. The Balaban J connectivity index is 2.12. The third-order valence-electron chi connectivity index (χ3n) is 2.68. The Hall–Kier alpha value is -3.02. The maximum Gasteiger partial charge on any atom is 0.269 e. The molecule has 0 aliphatic rings. The van der Waals surface area contributed by atoms with E-state index in [0.717, 1.165) is 11.1 Å². The molecule has 0 saturated heterocycles. The standard InChI is InChI=1S/C14H10N2O4/c17-15(18)13-7-3-11(4-8-13)1-2-12-5-9-14(10-6-12)16(19)20/h1-10H. The number of rotatable bonds is 4. The summed E-state index contributed by atoms with van der Waals surface area (Å²) in [4.78, 5) is 20.1. The van der Waals surface area contributed by atoms with Gasteiger partial charge in [0, 0.05) is 24.3 Å². The van der Waals surface area contributed by atoms with E-state index < -0.39 is 9.85 Å². The number of nitrogens with zero attached hydrogens (tertiary/aromatic N) is 2. The van der Waals surface area contributed by atoms with Crippen LogP contribution in [0.15, 0.2) is 48.5 Å². The zero-order valence-corrected chi connectivity index (χ0v) is 10.3. The molecule has 0 N–H and O–H groups in total. The first kappa shape index (κ1) is 13.4. The van der Waals surface area contributed by atoms with Crippen molar-refractivity contribution in [1.29, 1.82) is 0 Å². The fraction of sp³-hybridized carbons (Fsp3) is 0. The average Bonchev–Trinajstić information content (AvgIpc) is 2.46. The predicted octanol–water partition coefficient (Wildman–Crippen LogP) is 3.67. The molecule has 100 valence electrons. The Morgan fingerprint density at radius 3 is 1.20 bits per heavy atom. The average molecular weight is 270 g/mol. The topological polar surface area (TPSA) is 86.3 Å². The third-order valence-corrected chi connectivity index (χ3v) is 2.68. The first-order valence-electron chi connectivity index (χ1n) is 5.73. The van der Waals surface area contributed by atoms with Crippen molar-refractivity contribution in [3.05, 3.63) is 79.9 Å². The van der Waals surface area contributed by atoms with Crippen molar-refractivity contribution in [3.8, 4) is 0 Å². The van der Waals surface area contributed by atoms with Gasteiger partial charge in [-0.15, -0.1) is 0 Å². The highest BCUT2D eigenvalue weighted by molar-refractivity contribution is 5.70. The van der Waals surface area contributed by atoms with Crippen molar-refractivity contribution in [2.45, 2.75) is 0 Å². The number of hydrogen-bond donors (Lipinski definition) is 0. The van der Waals surface area contributed by atoms with Crippen molar-refractivity contribution in [2.24, 2.45) is 0 Å². The van der Waals surface area contributed by atoms with Gasteiger partial charge >= 0.3 is 0 Å². The van der Waals surface area contributed by atoms with Crippen LogP contribution in [0.4, 0.5) is 11.4 Å². The molecular formula is C14H10N2O4. The van der Waals surface area contributed by atoms with E-state index in [4.69, 9.17) is 0 Å². The summed E-state index contributed by atoms with van der Waals surface area (Å²) in [7, 11) is 0. The number of benzene rings is 2. The highest BCUT2D eigenvalue weighted by Gasteiger charge is 2.03. The van der Waals surface area contributed by atoms with Crippen LogP contribution in [-0.4, -0.2) is 9.85 Å². The zero-order valence-electron chi connectivity index (χ0n) is 10.3. The summed E-state index contributed by atoms with van der Waals surface area (Å²) in [5, 5.41) is 21.0. The Morgan fingerprint density at radius 1 is 0.650 bits per heavy atom. The lowest BCUT2D eigenvalue weighted by molar-refractivity contribution is -0.385. The predicted molar refractivity (Wildman–Crippen MR) is 75.1 cm³/mol. The maximum atomic E-state index is 10.5. The van der Waals surface area contributed by atoms with Crippen LogP contribution in [0, 0.1) is 20.2 Å². The lowest BCUT2D eigenvalue weighted by Gasteiger charge is -1.95. The molecule has 0 amide bonds. The molecule has 0 spiro atoms. The summed E-state index contributed by atoms with van der Waals surface area (Å²) in [6.07, 6.45) is 3.57. The second-order valence-electron chi connectivity index (χ2n) is 4.03. The van der Waals surface area contributed by atoms with Crippen molar-refractivity contribution in [2.75, 3.05) is 0 Å². The number of hydrogen-bond acceptors (Lipinski definition) is 4. The highest BCUT2D eigenvalue weighted by Crippen LogP contribution is 2.16. The molecule has 0 aliphatic heterocycles. The molecule has 2 aromatic carbocycles. The van der Waals surface area contributed by atoms with Gasteiger partial charge in [0.15, 0.2) is 0 Å². The first-order chi connectivity index (χ1) is 9.56. The van der Waals surface area contributed by atoms with Gasteiger partial charge < -0.3 is 0 Å². The molecule has 0 aromatic heterocycles. The van der Waals surface area contributed by atoms with Crippen molar-refractivity contribution in [3.63, 3.8) is 0 Å². The van der Waals surface area contributed by atoms with Crippen molar-refractivity contribution >= 4 is 23.5 Å². The SMILES string of the molecule is O=[N+]([O-])c1ccc(C=Cc2ccc([N+](=O)[O-])cc2)cc1. The van der Waals surface area contributed by atoms with Crippen LogP contribution >= 0.6 is 0 Å². The summed E-state index contributed by atoms with van der Waals surface area (Å²) < 4.78 is 0. The van der Waals surface area contributed by atoms with Gasteiger partial charge in [-0.25, -0.2) is 0 Å². The number of non-ortho nitro benzene ring substituents is 2. The molecule has 2 rings (SSSR count). The Bertz CT molecular complexity index is 601. The van der Waals surface area contributed by atoms with Gasteiger partial charge in [-0.05, 0) is 35.4 Å². The van der Waals surface area contributed by atoms with Crippen LogP contribution in [-0.2, 0) is 0 Å². The molecular weight excluding hydrogens is 260 g/mol. The quantitative estimate of drug-likeness (QED) is 0.481. The summed E-state index contributed by atoms with van der Waals surface area (Å²) in [6, 6.07) is 12.3. The Labute approximate surface area is 114 Å². The number of nitro benzene ring substituents is 2. The largest absolute Gasteiger partial charge is 0.269 e. The summed E-state index contributed by atoms with van der Waals surface area (Å²) in [6.45, 7) is 0. The summed E-state index contributed by atoms with van der Waals surface area (Å²) in [5.74, 6) is 0. The fourth-order valence-corrected chi connectivity index (χ4v) is 1.61. The second kappa shape index (κ2) is 5.75. The van der Waals surface area contributed by atoms with Crippen molar-refractivity contribution in [1.82, 2.24) is 0 Å². The first-order valence-corrected chi connectivity index (χ1v) is 5.73. The van der Waals surface area contributed by atoms with Crippen LogP contribution in [0.1, 0.15) is 11.1 Å². The van der Waals surface area contributed by atoms with Gasteiger partial charge in [0.2, 0.25) is 0 Å². The van der Waals surface area contributed by atoms with E-state index >= 15 is 0 Å². The maximum absolute atomic E-state index is 10.5. The van der Waals surface area contributed by atoms with Crippen LogP contribution < -0.4 is 0 Å². The molecule has 2 aromatic rings. The molecule has 0 aliphatic carbocycles. The minimum atomic E-state index is -0.455. The van der Waals surface area contributed by atoms with E-state index in [-0.39, 0.29) is 11.4 Å². The number of nitro groups is 2. The van der Waals surface area contributed by atoms with E-state index in [1.54, 1.807) is 36.4 Å². The lowest BCUT2D eigenvalue weighted by atomic mass is 10.1. The minimum Gasteiger partial charge on any atom is -0.258 e. The Morgan fingerprint density at radius 2 is 0.950 bits per heavy atom. The summed E-state index contributed by atoms with van der Waals surface area (Å²) in [5.41, 5.74) is 1.71. The van der Waals surface area contributed by atoms with Crippen LogP contribution in [0.5, 0.6) is 0 Å². The smallest absolute Gasteiger partial charge is 0.258 e. The molecule has 20 heavy (non-hydrogen) atoms. The van der Waals surface area contributed by atoms with Gasteiger partial charge in [-0.2, -0.15) is 0 Å². The van der Waals surface area contributed by atoms with Gasteiger partial charge in [-0.3, -0.25) is 20.2 Å². The van der Waals surface area contributed by atoms with Crippen LogP contribution in [0.2, 0.25) is 0 Å². The van der Waals surface area contributed by atoms with E-state index in [2.05, 4.69) is 0 Å². The summed E-state index contributed by atoms with van der Waals surface area (Å²) >= 11 is 0. The normalized spacial score (nSPS) is 10.6. The monoisotopic (exact) mass is 270 g/mol. The van der Waals surface area contributed by atoms with Gasteiger partial charge in [-0.1, -0.05) is 12.2 Å². The van der Waals surface area contributed by atoms with E-state index in [1.165, 1.54) is 24.3 Å². The molecule has 0 unspecified atom stereocenters. The van der Waals surface area contributed by atoms with E-state index in [9.17, 15) is 20.2 Å². The zero-order chi connectivity index (χ0) is 14.5. The molecule has 6 nitrogen and oxygen atoms in total. The fourth-order valence-electron chi connectivity index (χ4n) is 1.61. The molecule has 0 fully saturated rings. The Kier molecular flexibility index (Phi) is 3.85. The van der Waals surface area contributed by atoms with Gasteiger partial charge in [0.1, 0.15) is 0 Å². The molecule has 0 bridgehead atoms. The molecule has 0 saturated carbocycles. The van der Waals surface area contributed by atoms with E-state index in [0.29, 0.717) is 0 Å². The van der Waals surface area contributed by atoms with Crippen molar-refractivity contribution < 1.29 is 9.85 Å². The highest BCUT2D eigenvalue weighted by atomic mass is 16.6. The molecule has 0 heterocycles. The lowest BCUT2D eigenvalue weighted by Crippen LogP contribution is -1.87. The van der Waals surface area contributed by atoms with Gasteiger partial charge in [0.25, 0.3) is 11.4 Å². The molecule has 6 heteroatoms. The van der Waals surface area contributed by atoms with Crippen LogP contribution in [0.25, 0.3) is 12.2 Å². The van der Waals surface area contributed by atoms with Crippen LogP contribution in [0.3, 0.4) is 0 Å². The second-order valence-corrected chi connectivity index (χ2v) is 4.03. The molecule has 0 radical (unpaired) electrons. The van der Waals surface area contributed by atoms with Gasteiger partial charge in [0.05, 0.1) is 9.85 Å². The minimum absolute atomic E-state index is 0.0393.